The topological polar surface area (TPSA) is 33.1 Å². The molecule has 0 saturated carbocycles. The Labute approximate surface area is 135 Å². The van der Waals surface area contributed by atoms with Gasteiger partial charge in [-0.05, 0) is 46.3 Å². The number of benzene rings is 1. The van der Waals surface area contributed by atoms with Gasteiger partial charge >= 0.3 is 0 Å². The summed E-state index contributed by atoms with van der Waals surface area (Å²) in [5, 5.41) is 11.9. The quantitative estimate of drug-likeness (QED) is 0.743. The van der Waals surface area contributed by atoms with E-state index >= 15 is 0 Å². The van der Waals surface area contributed by atoms with E-state index in [1.54, 1.807) is 11.3 Å². The first-order valence-corrected chi connectivity index (χ1v) is 8.47. The number of thiazole rings is 1. The molecule has 3 rings (SSSR count). The van der Waals surface area contributed by atoms with Gasteiger partial charge in [-0.15, -0.1) is 11.3 Å². The first-order valence-electron chi connectivity index (χ1n) is 6.49. The fraction of sp³-hybridized carbons (Fsp3) is 0.400. The predicted octanol–water partition coefficient (Wildman–Crippen LogP) is 5.23. The lowest BCUT2D eigenvalue weighted by Gasteiger charge is -2.31. The SMILES string of the molecule is CC1(C)Cc2nc(-c3ccc(Cl)c(Br)c3)sc2C(O)C1. The van der Waals surface area contributed by atoms with E-state index in [1.165, 1.54) is 0 Å². The molecule has 0 aliphatic heterocycles. The Hall–Kier alpha value is -0.420. The number of aliphatic hydroxyl groups excluding tert-OH is 1. The molecule has 1 heterocycles. The molecule has 2 nitrogen and oxygen atoms in total. The van der Waals surface area contributed by atoms with Crippen molar-refractivity contribution in [2.45, 2.75) is 32.8 Å². The van der Waals surface area contributed by atoms with Gasteiger partial charge in [-0.25, -0.2) is 4.98 Å². The Morgan fingerprint density at radius 1 is 1.45 bits per heavy atom. The van der Waals surface area contributed by atoms with Crippen LogP contribution in [0, 0.1) is 5.41 Å². The second-order valence-corrected chi connectivity index (χ2v) is 8.31. The van der Waals surface area contributed by atoms with E-state index < -0.39 is 6.10 Å². The average Bonchev–Trinajstić information content (AvgIpc) is 2.75. The number of aromatic nitrogens is 1. The van der Waals surface area contributed by atoms with E-state index in [1.807, 2.05) is 18.2 Å². The Kier molecular flexibility index (Phi) is 3.70. The largest absolute Gasteiger partial charge is 0.387 e. The van der Waals surface area contributed by atoms with Crippen molar-refractivity contribution < 1.29 is 5.11 Å². The number of aliphatic hydroxyl groups is 1. The summed E-state index contributed by atoms with van der Waals surface area (Å²) in [5.74, 6) is 0. The van der Waals surface area contributed by atoms with Crippen molar-refractivity contribution >= 4 is 38.9 Å². The standard InChI is InChI=1S/C15H15BrClNOS/c1-15(2)6-11-13(12(19)7-15)20-14(18-11)8-3-4-10(17)9(16)5-8/h3-5,12,19H,6-7H2,1-2H3. The minimum atomic E-state index is -0.393. The first-order chi connectivity index (χ1) is 9.35. The molecule has 1 aliphatic rings. The Balaban J connectivity index is 2.03. The molecule has 0 saturated heterocycles. The number of rotatable bonds is 1. The third-order valence-corrected chi connectivity index (χ3v) is 6.05. The normalized spacial score (nSPS) is 20.8. The summed E-state index contributed by atoms with van der Waals surface area (Å²) >= 11 is 11.1. The second kappa shape index (κ2) is 5.09. The summed E-state index contributed by atoms with van der Waals surface area (Å²) in [6.07, 6.45) is 1.33. The third-order valence-electron chi connectivity index (χ3n) is 3.59. The van der Waals surface area contributed by atoms with Gasteiger partial charge in [0.25, 0.3) is 0 Å². The van der Waals surface area contributed by atoms with Gasteiger partial charge < -0.3 is 5.11 Å². The molecule has 106 valence electrons. The van der Waals surface area contributed by atoms with Crippen LogP contribution in [-0.4, -0.2) is 10.1 Å². The molecule has 0 amide bonds. The van der Waals surface area contributed by atoms with Crippen molar-refractivity contribution in [3.8, 4) is 10.6 Å². The first kappa shape index (κ1) is 14.5. The zero-order chi connectivity index (χ0) is 14.5. The summed E-state index contributed by atoms with van der Waals surface area (Å²) in [4.78, 5) is 5.75. The van der Waals surface area contributed by atoms with E-state index in [2.05, 4.69) is 29.8 Å². The van der Waals surface area contributed by atoms with E-state index in [9.17, 15) is 5.11 Å². The average molecular weight is 373 g/mol. The van der Waals surface area contributed by atoms with Gasteiger partial charge in [0.1, 0.15) is 5.01 Å². The highest BCUT2D eigenvalue weighted by molar-refractivity contribution is 9.10. The second-order valence-electron chi connectivity index (χ2n) is 6.02. The number of halogens is 2. The number of hydrogen-bond acceptors (Lipinski definition) is 3. The smallest absolute Gasteiger partial charge is 0.124 e. The minimum absolute atomic E-state index is 0.109. The Morgan fingerprint density at radius 3 is 2.90 bits per heavy atom. The molecule has 0 radical (unpaired) electrons. The molecule has 20 heavy (non-hydrogen) atoms. The van der Waals surface area contributed by atoms with Crippen molar-refractivity contribution in [1.29, 1.82) is 0 Å². The Bertz CT molecular complexity index is 668. The Morgan fingerprint density at radius 2 is 2.20 bits per heavy atom. The molecular formula is C15H15BrClNOS. The van der Waals surface area contributed by atoms with Gasteiger partial charge in [0.05, 0.1) is 21.7 Å². The number of hydrogen-bond donors (Lipinski definition) is 1. The maximum atomic E-state index is 10.3. The van der Waals surface area contributed by atoms with Gasteiger partial charge in [-0.1, -0.05) is 31.5 Å². The maximum absolute atomic E-state index is 10.3. The van der Waals surface area contributed by atoms with Crippen molar-refractivity contribution in [3.05, 3.63) is 38.3 Å². The van der Waals surface area contributed by atoms with Crippen LogP contribution in [0.25, 0.3) is 10.6 Å². The molecule has 1 aliphatic carbocycles. The van der Waals surface area contributed by atoms with Crippen LogP contribution in [-0.2, 0) is 6.42 Å². The van der Waals surface area contributed by atoms with Crippen LogP contribution < -0.4 is 0 Å². The molecule has 1 atom stereocenters. The van der Waals surface area contributed by atoms with Crippen LogP contribution in [0.1, 0.15) is 36.9 Å². The van der Waals surface area contributed by atoms with Crippen LogP contribution in [0.5, 0.6) is 0 Å². The summed E-state index contributed by atoms with van der Waals surface area (Å²) in [5.41, 5.74) is 2.18. The van der Waals surface area contributed by atoms with Crippen LogP contribution in [0.15, 0.2) is 22.7 Å². The van der Waals surface area contributed by atoms with Crippen molar-refractivity contribution in [1.82, 2.24) is 4.98 Å². The van der Waals surface area contributed by atoms with Crippen LogP contribution in [0.4, 0.5) is 0 Å². The number of nitrogens with zero attached hydrogens (tertiary/aromatic N) is 1. The van der Waals surface area contributed by atoms with Gasteiger partial charge in [0.2, 0.25) is 0 Å². The van der Waals surface area contributed by atoms with Gasteiger partial charge in [-0.3, -0.25) is 0 Å². The third kappa shape index (κ3) is 2.67. The highest BCUT2D eigenvalue weighted by Crippen LogP contribution is 2.45. The molecule has 0 bridgehead atoms. The van der Waals surface area contributed by atoms with Crippen LogP contribution in [0.2, 0.25) is 5.02 Å². The van der Waals surface area contributed by atoms with Crippen molar-refractivity contribution in [2.75, 3.05) is 0 Å². The molecule has 1 aromatic carbocycles. The molecule has 1 unspecified atom stereocenters. The lowest BCUT2D eigenvalue weighted by Crippen LogP contribution is -2.24. The van der Waals surface area contributed by atoms with Crippen molar-refractivity contribution in [3.63, 3.8) is 0 Å². The molecular weight excluding hydrogens is 358 g/mol. The van der Waals surface area contributed by atoms with E-state index in [4.69, 9.17) is 16.6 Å². The zero-order valence-electron chi connectivity index (χ0n) is 11.3. The highest BCUT2D eigenvalue weighted by atomic mass is 79.9. The van der Waals surface area contributed by atoms with Crippen LogP contribution >= 0.6 is 38.9 Å². The molecule has 0 fully saturated rings. The lowest BCUT2D eigenvalue weighted by molar-refractivity contribution is 0.102. The molecule has 5 heteroatoms. The molecule has 2 aromatic rings. The van der Waals surface area contributed by atoms with E-state index in [0.29, 0.717) is 5.02 Å². The van der Waals surface area contributed by atoms with Gasteiger partial charge in [0.15, 0.2) is 0 Å². The summed E-state index contributed by atoms with van der Waals surface area (Å²) in [6, 6.07) is 5.81. The highest BCUT2D eigenvalue weighted by Gasteiger charge is 2.34. The van der Waals surface area contributed by atoms with Crippen LogP contribution in [0.3, 0.4) is 0 Å². The number of fused-ring (bicyclic) bond motifs is 1. The maximum Gasteiger partial charge on any atom is 0.124 e. The molecule has 1 N–H and O–H groups in total. The van der Waals surface area contributed by atoms with E-state index in [0.717, 1.165) is 38.5 Å². The van der Waals surface area contributed by atoms with E-state index in [-0.39, 0.29) is 5.41 Å². The summed E-state index contributed by atoms with van der Waals surface area (Å²) in [6.45, 7) is 4.36. The van der Waals surface area contributed by atoms with Crippen molar-refractivity contribution in [2.24, 2.45) is 5.41 Å². The van der Waals surface area contributed by atoms with Gasteiger partial charge in [-0.2, -0.15) is 0 Å². The lowest BCUT2D eigenvalue weighted by atomic mass is 9.77. The summed E-state index contributed by atoms with van der Waals surface area (Å²) in [7, 11) is 0. The monoisotopic (exact) mass is 371 g/mol. The molecule has 0 spiro atoms. The fourth-order valence-electron chi connectivity index (χ4n) is 2.64. The van der Waals surface area contributed by atoms with Gasteiger partial charge in [0, 0.05) is 10.0 Å². The predicted molar refractivity (Wildman–Crippen MR) is 87.3 cm³/mol. The molecule has 1 aromatic heterocycles. The zero-order valence-corrected chi connectivity index (χ0v) is 14.4. The summed E-state index contributed by atoms with van der Waals surface area (Å²) < 4.78 is 0.866. The fourth-order valence-corrected chi connectivity index (χ4v) is 4.21. The minimum Gasteiger partial charge on any atom is -0.387 e.